The van der Waals surface area contributed by atoms with Crippen molar-refractivity contribution in [1.29, 1.82) is 0 Å². The van der Waals surface area contributed by atoms with Gasteiger partial charge in [-0.1, -0.05) is 11.6 Å². The van der Waals surface area contributed by atoms with Crippen LogP contribution in [-0.4, -0.2) is 10.1 Å². The van der Waals surface area contributed by atoms with Crippen LogP contribution in [-0.2, 0) is 0 Å². The fourth-order valence-electron chi connectivity index (χ4n) is 0.621. The molecular formula is C6H3BrClF2NO. The minimum atomic E-state index is -2.74. The predicted octanol–water partition coefficient (Wildman–Crippen LogP) is 3.14. The molecule has 0 saturated carbocycles. The molecule has 0 aliphatic rings. The number of halogens is 4. The highest BCUT2D eigenvalue weighted by atomic mass is 79.9. The van der Waals surface area contributed by atoms with Crippen LogP contribution in [0.25, 0.3) is 0 Å². The van der Waals surface area contributed by atoms with E-state index in [9.17, 15) is 8.78 Å². The zero-order valence-corrected chi connectivity index (χ0v) is 7.90. The van der Waals surface area contributed by atoms with Crippen molar-refractivity contribution in [2.75, 3.05) is 0 Å². The maximum absolute atomic E-state index is 12.1. The van der Waals surface area contributed by atoms with Crippen LogP contribution in [0, 0.1) is 0 Å². The van der Waals surface area contributed by atoms with E-state index in [-0.39, 0.29) is 15.2 Å². The standard InChI is InChI=1S/C6H3BrClF2NO/c7-3-2(12)1-11-5(4(3)8)6(9)10/h1,6,12H. The smallest absolute Gasteiger partial charge is 0.281 e. The zero-order chi connectivity index (χ0) is 9.30. The van der Waals surface area contributed by atoms with Crippen molar-refractivity contribution >= 4 is 27.5 Å². The van der Waals surface area contributed by atoms with Crippen molar-refractivity contribution < 1.29 is 13.9 Å². The molecule has 66 valence electrons. The van der Waals surface area contributed by atoms with Gasteiger partial charge >= 0.3 is 0 Å². The first-order chi connectivity index (χ1) is 5.54. The fourth-order valence-corrected chi connectivity index (χ4v) is 1.15. The molecule has 0 atom stereocenters. The van der Waals surface area contributed by atoms with Gasteiger partial charge in [0.2, 0.25) is 0 Å². The Bertz CT molecular complexity index is 308. The molecule has 0 fully saturated rings. The highest BCUT2D eigenvalue weighted by Gasteiger charge is 2.17. The second-order valence-electron chi connectivity index (χ2n) is 1.96. The minimum absolute atomic E-state index is 0.0365. The van der Waals surface area contributed by atoms with Gasteiger partial charge in [0.05, 0.1) is 15.7 Å². The molecule has 1 heterocycles. The molecule has 0 aromatic carbocycles. The molecule has 1 rings (SSSR count). The van der Waals surface area contributed by atoms with Gasteiger partial charge in [0, 0.05) is 0 Å². The molecule has 0 saturated heterocycles. The van der Waals surface area contributed by atoms with Crippen molar-refractivity contribution in [1.82, 2.24) is 4.98 Å². The Morgan fingerprint density at radius 1 is 1.58 bits per heavy atom. The van der Waals surface area contributed by atoms with E-state index < -0.39 is 12.1 Å². The van der Waals surface area contributed by atoms with Gasteiger partial charge in [-0.3, -0.25) is 0 Å². The monoisotopic (exact) mass is 257 g/mol. The van der Waals surface area contributed by atoms with E-state index >= 15 is 0 Å². The lowest BCUT2D eigenvalue weighted by molar-refractivity contribution is 0.146. The van der Waals surface area contributed by atoms with E-state index in [0.29, 0.717) is 0 Å². The Labute approximate surface area is 80.3 Å². The number of alkyl halides is 2. The van der Waals surface area contributed by atoms with Gasteiger partial charge in [-0.2, -0.15) is 0 Å². The Morgan fingerprint density at radius 3 is 2.67 bits per heavy atom. The first kappa shape index (κ1) is 9.67. The maximum Gasteiger partial charge on any atom is 0.281 e. The highest BCUT2D eigenvalue weighted by Crippen LogP contribution is 2.36. The molecule has 0 aliphatic heterocycles. The van der Waals surface area contributed by atoms with Gasteiger partial charge in [-0.05, 0) is 15.9 Å². The van der Waals surface area contributed by atoms with Gasteiger partial charge in [0.15, 0.2) is 0 Å². The van der Waals surface area contributed by atoms with E-state index in [0.717, 1.165) is 6.20 Å². The number of rotatable bonds is 1. The molecule has 1 aromatic heterocycles. The quantitative estimate of drug-likeness (QED) is 0.839. The van der Waals surface area contributed by atoms with Crippen molar-refractivity contribution in [2.24, 2.45) is 0 Å². The van der Waals surface area contributed by atoms with Crippen molar-refractivity contribution in [2.45, 2.75) is 6.43 Å². The summed E-state index contributed by atoms with van der Waals surface area (Å²) in [7, 11) is 0. The molecule has 0 spiro atoms. The highest BCUT2D eigenvalue weighted by molar-refractivity contribution is 9.10. The van der Waals surface area contributed by atoms with Crippen LogP contribution >= 0.6 is 27.5 Å². The molecule has 1 aromatic rings. The third-order valence-electron chi connectivity index (χ3n) is 1.18. The Kier molecular flexibility index (Phi) is 2.85. The van der Waals surface area contributed by atoms with Crippen LogP contribution < -0.4 is 0 Å². The Morgan fingerprint density at radius 2 is 2.17 bits per heavy atom. The average molecular weight is 258 g/mol. The molecule has 0 bridgehead atoms. The third kappa shape index (κ3) is 1.67. The summed E-state index contributed by atoms with van der Waals surface area (Å²) in [6, 6.07) is 0. The largest absolute Gasteiger partial charge is 0.505 e. The average Bonchev–Trinajstić information content (AvgIpc) is 2.00. The molecule has 6 heteroatoms. The van der Waals surface area contributed by atoms with Crippen molar-refractivity contribution in [3.8, 4) is 5.75 Å². The van der Waals surface area contributed by atoms with Gasteiger partial charge in [-0.15, -0.1) is 0 Å². The topological polar surface area (TPSA) is 33.1 Å². The number of aromatic nitrogens is 1. The summed E-state index contributed by atoms with van der Waals surface area (Å²) < 4.78 is 24.2. The summed E-state index contributed by atoms with van der Waals surface area (Å²) in [5, 5.41) is 8.71. The molecule has 0 radical (unpaired) electrons. The second-order valence-corrected chi connectivity index (χ2v) is 3.13. The van der Waals surface area contributed by atoms with Gasteiger partial charge < -0.3 is 5.11 Å². The molecule has 2 nitrogen and oxygen atoms in total. The first-order valence-electron chi connectivity index (χ1n) is 2.85. The first-order valence-corrected chi connectivity index (χ1v) is 4.02. The Balaban J connectivity index is 3.27. The van der Waals surface area contributed by atoms with Crippen LogP contribution in [0.1, 0.15) is 12.1 Å². The number of hydrogen-bond donors (Lipinski definition) is 1. The minimum Gasteiger partial charge on any atom is -0.505 e. The van der Waals surface area contributed by atoms with Crippen molar-refractivity contribution in [3.63, 3.8) is 0 Å². The van der Waals surface area contributed by atoms with E-state index in [1.54, 1.807) is 0 Å². The number of hydrogen-bond acceptors (Lipinski definition) is 2. The summed E-state index contributed by atoms with van der Waals surface area (Å²) in [6.45, 7) is 0. The Hall–Kier alpha value is -0.420. The molecule has 0 amide bonds. The van der Waals surface area contributed by atoms with Gasteiger partial charge in [0.1, 0.15) is 11.4 Å². The molecular weight excluding hydrogens is 255 g/mol. The summed E-state index contributed by atoms with van der Waals surface area (Å²) in [4.78, 5) is 3.28. The predicted molar refractivity (Wildman–Crippen MR) is 43.6 cm³/mol. The van der Waals surface area contributed by atoms with Gasteiger partial charge in [0.25, 0.3) is 6.43 Å². The van der Waals surface area contributed by atoms with Crippen LogP contribution in [0.15, 0.2) is 10.7 Å². The van der Waals surface area contributed by atoms with Crippen molar-refractivity contribution in [3.05, 3.63) is 21.4 Å². The number of pyridine rings is 1. The SMILES string of the molecule is Oc1cnc(C(F)F)c(Cl)c1Br. The summed E-state index contributed by atoms with van der Waals surface area (Å²) in [5.41, 5.74) is -0.540. The van der Waals surface area contributed by atoms with Gasteiger partial charge in [-0.25, -0.2) is 13.8 Å². The maximum atomic E-state index is 12.1. The lowest BCUT2D eigenvalue weighted by Gasteiger charge is -2.04. The third-order valence-corrected chi connectivity index (χ3v) is 2.59. The second kappa shape index (κ2) is 3.53. The van der Waals surface area contributed by atoms with E-state index in [2.05, 4.69) is 20.9 Å². The van der Waals surface area contributed by atoms with Crippen LogP contribution in [0.2, 0.25) is 5.02 Å². The van der Waals surface area contributed by atoms with Crippen LogP contribution in [0.3, 0.4) is 0 Å². The molecule has 0 unspecified atom stereocenters. The summed E-state index contributed by atoms with van der Waals surface area (Å²) >= 11 is 8.29. The van der Waals surface area contributed by atoms with E-state index in [1.165, 1.54) is 0 Å². The molecule has 1 N–H and O–H groups in total. The number of nitrogens with zero attached hydrogens (tertiary/aromatic N) is 1. The lowest BCUT2D eigenvalue weighted by Crippen LogP contribution is -1.91. The lowest BCUT2D eigenvalue weighted by atomic mass is 10.3. The molecule has 0 aliphatic carbocycles. The normalized spacial score (nSPS) is 10.8. The van der Waals surface area contributed by atoms with Crippen LogP contribution in [0.4, 0.5) is 8.78 Å². The molecule has 12 heavy (non-hydrogen) atoms. The summed E-state index contributed by atoms with van der Waals surface area (Å²) in [5.74, 6) is -0.260. The van der Waals surface area contributed by atoms with Crippen LogP contribution in [0.5, 0.6) is 5.75 Å². The fraction of sp³-hybridized carbons (Fsp3) is 0.167. The van der Waals surface area contributed by atoms with E-state index in [1.807, 2.05) is 0 Å². The zero-order valence-electron chi connectivity index (χ0n) is 5.56. The summed E-state index contributed by atoms with van der Waals surface area (Å²) in [6.07, 6.45) is -1.83. The van der Waals surface area contributed by atoms with E-state index in [4.69, 9.17) is 16.7 Å². The number of aromatic hydroxyl groups is 1.